The first kappa shape index (κ1) is 29.0. The van der Waals surface area contributed by atoms with Crippen molar-refractivity contribution in [1.29, 1.82) is 0 Å². The molecule has 0 radical (unpaired) electrons. The summed E-state index contributed by atoms with van der Waals surface area (Å²) in [6.45, 7) is 5.56. The quantitative estimate of drug-likeness (QED) is 0.351. The Balaban J connectivity index is 1.42. The van der Waals surface area contributed by atoms with E-state index in [0.29, 0.717) is 18.2 Å². The molecule has 0 spiro atoms. The average Bonchev–Trinajstić information content (AvgIpc) is 3.05. The largest absolute Gasteiger partial charge is 0.352 e. The van der Waals surface area contributed by atoms with Gasteiger partial charge < -0.3 is 15.1 Å². The Morgan fingerprint density at radius 1 is 0.976 bits per heavy atom. The Morgan fingerprint density at radius 2 is 1.73 bits per heavy atom. The Morgan fingerprint density at radius 3 is 2.51 bits per heavy atom. The third-order valence-electron chi connectivity index (χ3n) is 8.46. The lowest BCUT2D eigenvalue weighted by molar-refractivity contribution is 0.0947. The summed E-state index contributed by atoms with van der Waals surface area (Å²) in [7, 11) is -1.84. The number of carbonyl (C=O) groups excluding carboxylic acids is 2. The highest BCUT2D eigenvalue weighted by molar-refractivity contribution is 7.91. The van der Waals surface area contributed by atoms with Gasteiger partial charge in [0.1, 0.15) is 0 Å². The van der Waals surface area contributed by atoms with Crippen LogP contribution in [0.25, 0.3) is 0 Å². The summed E-state index contributed by atoms with van der Waals surface area (Å²) in [6, 6.07) is 17.5. The fraction of sp³-hybridized carbons (Fsp3) is 0.394. The molecule has 1 aliphatic heterocycles. The second kappa shape index (κ2) is 12.2. The number of carbonyl (C=O) groups is 2. The van der Waals surface area contributed by atoms with Crippen LogP contribution in [0, 0.1) is 13.8 Å². The monoisotopic (exact) mass is 573 g/mol. The molecule has 5 rings (SSSR count). The van der Waals surface area contributed by atoms with Crippen molar-refractivity contribution in [2.75, 3.05) is 25.0 Å². The molecule has 41 heavy (non-hydrogen) atoms. The lowest BCUT2D eigenvalue weighted by Gasteiger charge is -2.31. The van der Waals surface area contributed by atoms with Gasteiger partial charge in [0.05, 0.1) is 27.6 Å². The van der Waals surface area contributed by atoms with Gasteiger partial charge in [0, 0.05) is 18.2 Å². The maximum atomic E-state index is 13.9. The third-order valence-corrected chi connectivity index (χ3v) is 10.3. The third kappa shape index (κ3) is 6.09. The SMILES string of the molecule is Cc1ccc(C)c(CN2C(=O)c3ccccc3S(=O)(=O)c3ccc(C(=O)NCCCN(C)C4CCCCC4)cc32)c1. The van der Waals surface area contributed by atoms with E-state index in [0.717, 1.165) is 29.7 Å². The van der Waals surface area contributed by atoms with E-state index in [2.05, 4.69) is 17.3 Å². The minimum absolute atomic E-state index is 0.0194. The molecule has 7 nitrogen and oxygen atoms in total. The maximum absolute atomic E-state index is 13.9. The highest BCUT2D eigenvalue weighted by atomic mass is 32.2. The fourth-order valence-electron chi connectivity index (χ4n) is 5.98. The molecule has 0 saturated heterocycles. The van der Waals surface area contributed by atoms with Crippen molar-refractivity contribution in [2.24, 2.45) is 0 Å². The van der Waals surface area contributed by atoms with Crippen molar-refractivity contribution >= 4 is 27.3 Å². The predicted octanol–water partition coefficient (Wildman–Crippen LogP) is 5.68. The summed E-state index contributed by atoms with van der Waals surface area (Å²) in [5.74, 6) is -0.696. The molecule has 216 valence electrons. The highest BCUT2D eigenvalue weighted by Crippen LogP contribution is 2.38. The van der Waals surface area contributed by atoms with E-state index in [9.17, 15) is 18.0 Å². The number of benzene rings is 3. The number of anilines is 1. The summed E-state index contributed by atoms with van der Waals surface area (Å²) >= 11 is 0. The van der Waals surface area contributed by atoms with Crippen LogP contribution in [0.1, 0.15) is 75.9 Å². The minimum atomic E-state index is -4.00. The molecule has 0 bridgehead atoms. The van der Waals surface area contributed by atoms with Crippen LogP contribution in [0.15, 0.2) is 70.5 Å². The molecule has 0 unspecified atom stereocenters. The van der Waals surface area contributed by atoms with Crippen LogP contribution in [0.2, 0.25) is 0 Å². The van der Waals surface area contributed by atoms with E-state index in [1.807, 2.05) is 32.0 Å². The molecule has 2 amide bonds. The fourth-order valence-corrected chi connectivity index (χ4v) is 7.61. The molecule has 0 atom stereocenters. The number of nitrogens with zero attached hydrogens (tertiary/aromatic N) is 2. The summed E-state index contributed by atoms with van der Waals surface area (Å²) in [5.41, 5.74) is 3.63. The van der Waals surface area contributed by atoms with Crippen LogP contribution in [-0.4, -0.2) is 51.3 Å². The zero-order valence-corrected chi connectivity index (χ0v) is 25.0. The second-order valence-corrected chi connectivity index (χ2v) is 13.3. The van der Waals surface area contributed by atoms with Crippen molar-refractivity contribution in [3.8, 4) is 0 Å². The molecule has 8 heteroatoms. The topological polar surface area (TPSA) is 86.8 Å². The van der Waals surface area contributed by atoms with Gasteiger partial charge in [0.25, 0.3) is 11.8 Å². The van der Waals surface area contributed by atoms with Crippen LogP contribution in [0.5, 0.6) is 0 Å². The van der Waals surface area contributed by atoms with Crippen LogP contribution in [0.3, 0.4) is 0 Å². The molecule has 1 aliphatic carbocycles. The molecular formula is C33H39N3O4S. The second-order valence-electron chi connectivity index (χ2n) is 11.4. The lowest BCUT2D eigenvalue weighted by Crippen LogP contribution is -2.36. The first-order valence-electron chi connectivity index (χ1n) is 14.5. The first-order valence-corrected chi connectivity index (χ1v) is 16.0. The highest BCUT2D eigenvalue weighted by Gasteiger charge is 2.36. The van der Waals surface area contributed by atoms with E-state index in [-0.39, 0.29) is 33.5 Å². The number of aryl methyl sites for hydroxylation is 2. The summed E-state index contributed by atoms with van der Waals surface area (Å²) in [6.07, 6.45) is 7.19. The Labute approximate surface area is 243 Å². The lowest BCUT2D eigenvalue weighted by atomic mass is 9.94. The molecule has 1 saturated carbocycles. The van der Waals surface area contributed by atoms with Gasteiger partial charge in [-0.1, -0.05) is 55.2 Å². The van der Waals surface area contributed by atoms with Crippen molar-refractivity contribution < 1.29 is 18.0 Å². The molecule has 0 aromatic heterocycles. The number of hydrogen-bond donors (Lipinski definition) is 1. The van der Waals surface area contributed by atoms with Crippen LogP contribution in [-0.2, 0) is 16.4 Å². The van der Waals surface area contributed by atoms with Gasteiger partial charge in [-0.25, -0.2) is 8.42 Å². The summed E-state index contributed by atoms with van der Waals surface area (Å²) < 4.78 is 27.6. The van der Waals surface area contributed by atoms with Crippen molar-refractivity contribution in [3.63, 3.8) is 0 Å². The van der Waals surface area contributed by atoms with Crippen LogP contribution >= 0.6 is 0 Å². The van der Waals surface area contributed by atoms with Gasteiger partial charge in [0.15, 0.2) is 0 Å². The van der Waals surface area contributed by atoms with Crippen molar-refractivity contribution in [1.82, 2.24) is 10.2 Å². The number of nitrogens with one attached hydrogen (secondary N) is 1. The Hall–Kier alpha value is -3.49. The molecule has 1 fully saturated rings. The van der Waals surface area contributed by atoms with Gasteiger partial charge in [0.2, 0.25) is 9.84 Å². The van der Waals surface area contributed by atoms with Gasteiger partial charge >= 0.3 is 0 Å². The zero-order valence-electron chi connectivity index (χ0n) is 24.2. The maximum Gasteiger partial charge on any atom is 0.259 e. The van der Waals surface area contributed by atoms with Gasteiger partial charge in [-0.05, 0) is 88.2 Å². The van der Waals surface area contributed by atoms with E-state index in [1.54, 1.807) is 24.3 Å². The predicted molar refractivity (Wildman–Crippen MR) is 161 cm³/mol. The van der Waals surface area contributed by atoms with Crippen LogP contribution < -0.4 is 10.2 Å². The molecular weight excluding hydrogens is 534 g/mol. The summed E-state index contributed by atoms with van der Waals surface area (Å²) in [5, 5.41) is 2.99. The normalized spacial score (nSPS) is 16.7. The van der Waals surface area contributed by atoms with E-state index < -0.39 is 15.7 Å². The number of rotatable bonds is 8. The van der Waals surface area contributed by atoms with Gasteiger partial charge in [-0.3, -0.25) is 9.59 Å². The summed E-state index contributed by atoms with van der Waals surface area (Å²) in [4.78, 5) is 31.0. The number of fused-ring (bicyclic) bond motifs is 2. The van der Waals surface area contributed by atoms with Gasteiger partial charge in [-0.15, -0.1) is 0 Å². The zero-order chi connectivity index (χ0) is 29.1. The first-order chi connectivity index (χ1) is 19.7. The standard InChI is InChI=1S/C33H39N3O4S/c1-23-14-15-24(2)26(20-23)22-36-29-21-25(32(37)34-18-9-19-35(3)27-10-5-4-6-11-27)16-17-31(29)41(39,40)30-13-8-7-12-28(30)33(36)38/h7-8,12-17,20-21,27H,4-6,9-11,18-19,22H2,1-3H3,(H,34,37). The molecule has 2 aliphatic rings. The Bertz CT molecular complexity index is 1560. The molecule has 3 aromatic rings. The van der Waals surface area contributed by atoms with E-state index in [4.69, 9.17) is 0 Å². The molecule has 1 heterocycles. The van der Waals surface area contributed by atoms with Crippen molar-refractivity contribution in [3.05, 3.63) is 88.5 Å². The smallest absolute Gasteiger partial charge is 0.259 e. The van der Waals surface area contributed by atoms with E-state index in [1.165, 1.54) is 55.2 Å². The number of hydrogen-bond acceptors (Lipinski definition) is 5. The number of amides is 2. The minimum Gasteiger partial charge on any atom is -0.352 e. The van der Waals surface area contributed by atoms with Crippen molar-refractivity contribution in [2.45, 2.75) is 74.7 Å². The average molecular weight is 574 g/mol. The molecule has 1 N–H and O–H groups in total. The van der Waals surface area contributed by atoms with Crippen LogP contribution in [0.4, 0.5) is 5.69 Å². The van der Waals surface area contributed by atoms with Gasteiger partial charge in [-0.2, -0.15) is 0 Å². The van der Waals surface area contributed by atoms with E-state index >= 15 is 0 Å². The Kier molecular flexibility index (Phi) is 8.61. The molecule has 3 aromatic carbocycles. The number of sulfone groups is 1.